The van der Waals surface area contributed by atoms with Crippen molar-refractivity contribution in [2.24, 2.45) is 0 Å². The van der Waals surface area contributed by atoms with Crippen molar-refractivity contribution in [3.63, 3.8) is 0 Å². The molecule has 4 heteroatoms. The fraction of sp³-hybridized carbons (Fsp3) is 0.200. The first-order valence-electron chi connectivity index (χ1n) is 11.6. The van der Waals surface area contributed by atoms with Crippen LogP contribution in [0.1, 0.15) is 34.8 Å². The average molecular weight is 453 g/mol. The molecule has 0 amide bonds. The highest BCUT2D eigenvalue weighted by Crippen LogP contribution is 2.40. The van der Waals surface area contributed by atoms with E-state index in [4.69, 9.17) is 18.9 Å². The first-order chi connectivity index (χ1) is 16.8. The molecule has 0 N–H and O–H groups in total. The van der Waals surface area contributed by atoms with Crippen molar-refractivity contribution in [3.05, 3.63) is 119 Å². The summed E-state index contributed by atoms with van der Waals surface area (Å²) in [4.78, 5) is 0. The van der Waals surface area contributed by atoms with Gasteiger partial charge in [-0.05, 0) is 47.7 Å². The summed E-state index contributed by atoms with van der Waals surface area (Å²) >= 11 is 0. The fourth-order valence-corrected chi connectivity index (χ4v) is 4.19. The van der Waals surface area contributed by atoms with Gasteiger partial charge in [-0.1, -0.05) is 66.7 Å². The van der Waals surface area contributed by atoms with Gasteiger partial charge in [-0.2, -0.15) is 0 Å². The molecule has 4 nitrogen and oxygen atoms in total. The molecule has 0 bridgehead atoms. The van der Waals surface area contributed by atoms with Crippen LogP contribution in [0.3, 0.4) is 0 Å². The topological polar surface area (TPSA) is 36.9 Å². The molecule has 5 rings (SSSR count). The third-order valence-electron chi connectivity index (χ3n) is 6.03. The Hall–Kier alpha value is -3.92. The summed E-state index contributed by atoms with van der Waals surface area (Å²) in [6, 6.07) is 32.4. The lowest BCUT2D eigenvalue weighted by molar-refractivity contribution is 0.171. The summed E-state index contributed by atoms with van der Waals surface area (Å²) < 4.78 is 24.1. The Morgan fingerprint density at radius 2 is 1.35 bits per heavy atom. The number of ether oxygens (including phenoxy) is 4. The van der Waals surface area contributed by atoms with Gasteiger partial charge < -0.3 is 18.9 Å². The molecule has 0 fully saturated rings. The number of fused-ring (bicyclic) bond motifs is 1. The Labute approximate surface area is 200 Å². The van der Waals surface area contributed by atoms with Crippen LogP contribution in [-0.4, -0.2) is 7.11 Å². The molecule has 1 aliphatic rings. The van der Waals surface area contributed by atoms with Crippen LogP contribution in [-0.2, 0) is 19.6 Å². The molecule has 172 valence electrons. The number of rotatable bonds is 8. The minimum absolute atomic E-state index is 0.0880. The first-order valence-corrected chi connectivity index (χ1v) is 11.6. The van der Waals surface area contributed by atoms with E-state index in [0.717, 1.165) is 52.5 Å². The van der Waals surface area contributed by atoms with Crippen LogP contribution in [0, 0.1) is 0 Å². The van der Waals surface area contributed by atoms with Crippen LogP contribution in [0.5, 0.6) is 23.0 Å². The van der Waals surface area contributed by atoms with Crippen molar-refractivity contribution in [1.29, 1.82) is 0 Å². The van der Waals surface area contributed by atoms with E-state index >= 15 is 0 Å². The molecule has 4 aromatic rings. The van der Waals surface area contributed by atoms with Crippen LogP contribution >= 0.6 is 0 Å². The largest absolute Gasteiger partial charge is 0.496 e. The number of hydrogen-bond acceptors (Lipinski definition) is 4. The zero-order valence-corrected chi connectivity index (χ0v) is 19.3. The molecule has 1 atom stereocenters. The van der Waals surface area contributed by atoms with E-state index in [1.807, 2.05) is 66.7 Å². The van der Waals surface area contributed by atoms with Gasteiger partial charge in [0, 0.05) is 17.7 Å². The Morgan fingerprint density at radius 1 is 0.735 bits per heavy atom. The van der Waals surface area contributed by atoms with Crippen molar-refractivity contribution in [2.45, 2.75) is 32.2 Å². The van der Waals surface area contributed by atoms with E-state index in [0.29, 0.717) is 13.2 Å². The van der Waals surface area contributed by atoms with Gasteiger partial charge in [-0.25, -0.2) is 0 Å². The first kappa shape index (κ1) is 21.9. The molecule has 1 unspecified atom stereocenters. The van der Waals surface area contributed by atoms with E-state index in [9.17, 15) is 0 Å². The van der Waals surface area contributed by atoms with Gasteiger partial charge in [-0.3, -0.25) is 0 Å². The Kier molecular flexibility index (Phi) is 6.66. The van der Waals surface area contributed by atoms with Gasteiger partial charge in [0.1, 0.15) is 42.3 Å². The lowest BCUT2D eigenvalue weighted by Crippen LogP contribution is -2.16. The molecule has 0 radical (unpaired) electrons. The molecule has 1 heterocycles. The van der Waals surface area contributed by atoms with Crippen molar-refractivity contribution in [2.75, 3.05) is 7.11 Å². The zero-order valence-electron chi connectivity index (χ0n) is 19.3. The number of benzene rings is 4. The Morgan fingerprint density at radius 3 is 2.00 bits per heavy atom. The minimum Gasteiger partial charge on any atom is -0.496 e. The molecule has 1 aliphatic heterocycles. The number of aryl methyl sites for hydroxylation is 1. The SMILES string of the molecule is COc1cc(OCc2ccccc2)ccc1C1CCc2ccc(OCc3ccccc3)cc2O1. The highest BCUT2D eigenvalue weighted by atomic mass is 16.5. The summed E-state index contributed by atoms with van der Waals surface area (Å²) in [7, 11) is 1.69. The molecular weight excluding hydrogens is 424 g/mol. The molecule has 0 spiro atoms. The van der Waals surface area contributed by atoms with Gasteiger partial charge in [0.05, 0.1) is 7.11 Å². The minimum atomic E-state index is -0.0880. The van der Waals surface area contributed by atoms with E-state index in [1.165, 1.54) is 5.56 Å². The van der Waals surface area contributed by atoms with Crippen molar-refractivity contribution < 1.29 is 18.9 Å². The highest BCUT2D eigenvalue weighted by molar-refractivity contribution is 5.46. The number of hydrogen-bond donors (Lipinski definition) is 0. The van der Waals surface area contributed by atoms with Crippen molar-refractivity contribution in [3.8, 4) is 23.0 Å². The normalized spacial score (nSPS) is 14.6. The highest BCUT2D eigenvalue weighted by Gasteiger charge is 2.25. The van der Waals surface area contributed by atoms with Gasteiger partial charge in [0.2, 0.25) is 0 Å². The van der Waals surface area contributed by atoms with Crippen LogP contribution < -0.4 is 18.9 Å². The van der Waals surface area contributed by atoms with E-state index < -0.39 is 0 Å². The van der Waals surface area contributed by atoms with Crippen LogP contribution in [0.15, 0.2) is 97.1 Å². The van der Waals surface area contributed by atoms with E-state index in [1.54, 1.807) is 7.11 Å². The maximum atomic E-state index is 6.42. The molecular formula is C30H28O4. The van der Waals surface area contributed by atoms with Crippen LogP contribution in [0.4, 0.5) is 0 Å². The Bertz CT molecular complexity index is 1220. The predicted molar refractivity (Wildman–Crippen MR) is 133 cm³/mol. The molecule has 0 saturated heterocycles. The second kappa shape index (κ2) is 10.3. The predicted octanol–water partition coefficient (Wildman–Crippen LogP) is 6.92. The average Bonchev–Trinajstić information content (AvgIpc) is 2.91. The maximum absolute atomic E-state index is 6.42. The van der Waals surface area contributed by atoms with Gasteiger partial charge in [-0.15, -0.1) is 0 Å². The Balaban J connectivity index is 1.27. The van der Waals surface area contributed by atoms with Crippen molar-refractivity contribution in [1.82, 2.24) is 0 Å². The second-order valence-electron chi connectivity index (χ2n) is 8.37. The molecule has 0 aliphatic carbocycles. The van der Waals surface area contributed by atoms with Crippen molar-refractivity contribution >= 4 is 0 Å². The molecule has 0 aromatic heterocycles. The number of methoxy groups -OCH3 is 1. The van der Waals surface area contributed by atoms with Gasteiger partial charge >= 0.3 is 0 Å². The summed E-state index contributed by atoms with van der Waals surface area (Å²) in [5, 5.41) is 0. The molecule has 4 aromatic carbocycles. The summed E-state index contributed by atoms with van der Waals surface area (Å²) in [6.45, 7) is 1.05. The monoisotopic (exact) mass is 452 g/mol. The van der Waals surface area contributed by atoms with Crippen LogP contribution in [0.25, 0.3) is 0 Å². The molecule has 34 heavy (non-hydrogen) atoms. The molecule has 0 saturated carbocycles. The lowest BCUT2D eigenvalue weighted by Gasteiger charge is -2.28. The van der Waals surface area contributed by atoms with Gasteiger partial charge in [0.15, 0.2) is 0 Å². The third-order valence-corrected chi connectivity index (χ3v) is 6.03. The van der Waals surface area contributed by atoms with E-state index in [-0.39, 0.29) is 6.10 Å². The zero-order chi connectivity index (χ0) is 23.2. The smallest absolute Gasteiger partial charge is 0.129 e. The quantitative estimate of drug-likeness (QED) is 0.291. The van der Waals surface area contributed by atoms with Crippen LogP contribution in [0.2, 0.25) is 0 Å². The van der Waals surface area contributed by atoms with E-state index in [2.05, 4.69) is 30.3 Å². The summed E-state index contributed by atoms with van der Waals surface area (Å²) in [6.07, 6.45) is 1.74. The fourth-order valence-electron chi connectivity index (χ4n) is 4.19. The standard InChI is InChI=1S/C30H28O4/c1-31-30-19-26(33-21-23-10-6-3-7-11-23)15-16-27(30)28-17-13-24-12-14-25(18-29(24)34-28)32-20-22-8-4-2-5-9-22/h2-12,14-16,18-19,28H,13,17,20-21H2,1H3. The third kappa shape index (κ3) is 5.18. The second-order valence-corrected chi connectivity index (χ2v) is 8.37. The lowest BCUT2D eigenvalue weighted by atomic mass is 9.96. The maximum Gasteiger partial charge on any atom is 0.129 e. The summed E-state index contributed by atoms with van der Waals surface area (Å²) in [5.41, 5.74) is 4.49. The summed E-state index contributed by atoms with van der Waals surface area (Å²) in [5.74, 6) is 3.22. The van der Waals surface area contributed by atoms with Gasteiger partial charge in [0.25, 0.3) is 0 Å².